The molecule has 0 aromatic heterocycles. The number of carboxylic acid groups (broad SMARTS) is 1. The van der Waals surface area contributed by atoms with Crippen LogP contribution < -0.4 is 0 Å². The van der Waals surface area contributed by atoms with Gasteiger partial charge in [0.1, 0.15) is 17.6 Å². The van der Waals surface area contributed by atoms with Gasteiger partial charge in [-0.2, -0.15) is 0 Å². The number of benzene rings is 1. The molecule has 0 saturated heterocycles. The molecular weight excluding hydrogens is 254 g/mol. The molecule has 0 aliphatic rings. The molecule has 3 nitrogen and oxygen atoms in total. The minimum absolute atomic E-state index is 0.0551. The number of carboxylic acids is 1. The molecule has 2 N–H and O–H groups in total. The molecule has 0 aliphatic heterocycles. The van der Waals surface area contributed by atoms with Gasteiger partial charge in [-0.05, 0) is 30.0 Å². The number of halogens is 2. The number of hydrogen-bond acceptors (Lipinski definition) is 2. The van der Waals surface area contributed by atoms with Crippen molar-refractivity contribution in [2.24, 2.45) is 5.92 Å². The van der Waals surface area contributed by atoms with Crippen LogP contribution in [0.5, 0.6) is 0 Å². The second-order valence-electron chi connectivity index (χ2n) is 4.78. The Bertz CT molecular complexity index is 428. The summed E-state index contributed by atoms with van der Waals surface area (Å²) in [6.07, 6.45) is 0.254. The van der Waals surface area contributed by atoms with Crippen LogP contribution in [0.3, 0.4) is 0 Å². The highest BCUT2D eigenvalue weighted by Gasteiger charge is 2.32. The molecule has 0 radical (unpaired) electrons. The summed E-state index contributed by atoms with van der Waals surface area (Å²) in [5, 5.41) is 19.3. The molecule has 3 atom stereocenters. The van der Waals surface area contributed by atoms with Gasteiger partial charge in [0, 0.05) is 6.07 Å². The third-order valence-electron chi connectivity index (χ3n) is 3.18. The van der Waals surface area contributed by atoms with E-state index in [4.69, 9.17) is 0 Å². The lowest BCUT2D eigenvalue weighted by molar-refractivity contribution is -0.142. The molecule has 19 heavy (non-hydrogen) atoms. The lowest BCUT2D eigenvalue weighted by atomic mass is 9.84. The van der Waals surface area contributed by atoms with Crippen molar-refractivity contribution in [2.45, 2.75) is 38.7 Å². The second-order valence-corrected chi connectivity index (χ2v) is 4.78. The van der Waals surface area contributed by atoms with Crippen molar-refractivity contribution in [1.82, 2.24) is 0 Å². The third kappa shape index (κ3) is 3.99. The number of hydrogen-bond donors (Lipinski definition) is 2. The summed E-state index contributed by atoms with van der Waals surface area (Å²) in [6.45, 7) is 3.64. The van der Waals surface area contributed by atoms with E-state index < -0.39 is 29.6 Å². The summed E-state index contributed by atoms with van der Waals surface area (Å²) < 4.78 is 26.3. The van der Waals surface area contributed by atoms with Crippen molar-refractivity contribution in [3.63, 3.8) is 0 Å². The molecule has 1 rings (SSSR count). The van der Waals surface area contributed by atoms with E-state index in [0.717, 1.165) is 18.6 Å². The van der Waals surface area contributed by atoms with Crippen LogP contribution in [0.2, 0.25) is 0 Å². The number of rotatable bonds is 6. The maximum Gasteiger partial charge on any atom is 0.313 e. The normalized spacial score (nSPS) is 15.8. The summed E-state index contributed by atoms with van der Waals surface area (Å²) in [4.78, 5) is 11.3. The highest BCUT2D eigenvalue weighted by atomic mass is 19.1. The van der Waals surface area contributed by atoms with Gasteiger partial charge < -0.3 is 10.2 Å². The quantitative estimate of drug-likeness (QED) is 0.837. The fourth-order valence-corrected chi connectivity index (χ4v) is 2.20. The molecule has 0 amide bonds. The first-order valence-corrected chi connectivity index (χ1v) is 6.23. The number of aliphatic hydroxyl groups excluding tert-OH is 1. The van der Waals surface area contributed by atoms with Gasteiger partial charge in [-0.1, -0.05) is 20.3 Å². The van der Waals surface area contributed by atoms with Crippen molar-refractivity contribution >= 4 is 5.97 Å². The maximum atomic E-state index is 13.1. The predicted molar refractivity (Wildman–Crippen MR) is 66.8 cm³/mol. The van der Waals surface area contributed by atoms with E-state index in [1.807, 2.05) is 6.92 Å². The minimum Gasteiger partial charge on any atom is -0.481 e. The zero-order valence-corrected chi connectivity index (χ0v) is 10.9. The Kier molecular flexibility index (Phi) is 5.42. The Balaban J connectivity index is 3.09. The number of aliphatic hydroxyl groups is 1. The Labute approximate surface area is 110 Å². The zero-order chi connectivity index (χ0) is 14.6. The van der Waals surface area contributed by atoms with Gasteiger partial charge in [0.15, 0.2) is 0 Å². The summed E-state index contributed by atoms with van der Waals surface area (Å²) in [6, 6.07) is 2.57. The molecule has 1 aromatic rings. The first-order chi connectivity index (χ1) is 8.86. The van der Waals surface area contributed by atoms with Crippen LogP contribution in [0.4, 0.5) is 8.78 Å². The van der Waals surface area contributed by atoms with Gasteiger partial charge in [0.05, 0.1) is 6.10 Å². The monoisotopic (exact) mass is 272 g/mol. The summed E-state index contributed by atoms with van der Waals surface area (Å²) in [5.74, 6) is -4.59. The third-order valence-corrected chi connectivity index (χ3v) is 3.18. The first kappa shape index (κ1) is 15.6. The predicted octanol–water partition coefficient (Wildman–Crippen LogP) is 2.93. The Morgan fingerprint density at radius 1 is 1.26 bits per heavy atom. The molecule has 0 fully saturated rings. The largest absolute Gasteiger partial charge is 0.481 e. The molecule has 106 valence electrons. The molecular formula is C14H18F2O3. The molecule has 5 heteroatoms. The van der Waals surface area contributed by atoms with Crippen LogP contribution in [0.1, 0.15) is 38.2 Å². The molecule has 0 bridgehead atoms. The highest BCUT2D eigenvalue weighted by Crippen LogP contribution is 2.28. The first-order valence-electron chi connectivity index (χ1n) is 6.23. The van der Waals surface area contributed by atoms with Crippen molar-refractivity contribution in [2.75, 3.05) is 0 Å². The van der Waals surface area contributed by atoms with Gasteiger partial charge in [-0.3, -0.25) is 4.79 Å². The standard InChI is InChI=1S/C14H18F2O3/c1-3-4-8(2)13(17)12(14(18)19)9-5-10(15)7-11(16)6-9/h5-8,12-13,17H,3-4H2,1-2H3,(H,18,19). The lowest BCUT2D eigenvalue weighted by Crippen LogP contribution is -2.31. The molecule has 0 heterocycles. The van der Waals surface area contributed by atoms with E-state index >= 15 is 0 Å². The topological polar surface area (TPSA) is 57.5 Å². The van der Waals surface area contributed by atoms with E-state index in [1.54, 1.807) is 6.92 Å². The minimum atomic E-state index is -1.33. The van der Waals surface area contributed by atoms with Crippen molar-refractivity contribution in [3.8, 4) is 0 Å². The Hall–Kier alpha value is -1.49. The molecule has 0 saturated carbocycles. The molecule has 0 spiro atoms. The average Bonchev–Trinajstić information content (AvgIpc) is 2.27. The van der Waals surface area contributed by atoms with E-state index in [0.29, 0.717) is 12.5 Å². The van der Waals surface area contributed by atoms with E-state index in [-0.39, 0.29) is 11.5 Å². The van der Waals surface area contributed by atoms with Crippen LogP contribution in [0.25, 0.3) is 0 Å². The van der Waals surface area contributed by atoms with Gasteiger partial charge >= 0.3 is 5.97 Å². The smallest absolute Gasteiger partial charge is 0.313 e. The van der Waals surface area contributed by atoms with Gasteiger partial charge in [0.2, 0.25) is 0 Å². The Morgan fingerprint density at radius 3 is 2.21 bits per heavy atom. The SMILES string of the molecule is CCCC(C)C(O)C(C(=O)O)c1cc(F)cc(F)c1. The van der Waals surface area contributed by atoms with E-state index in [9.17, 15) is 23.8 Å². The summed E-state index contributed by atoms with van der Waals surface area (Å²) >= 11 is 0. The van der Waals surface area contributed by atoms with Crippen LogP contribution in [0, 0.1) is 17.6 Å². The average molecular weight is 272 g/mol. The van der Waals surface area contributed by atoms with E-state index in [1.165, 1.54) is 0 Å². The van der Waals surface area contributed by atoms with E-state index in [2.05, 4.69) is 0 Å². The summed E-state index contributed by atoms with van der Waals surface area (Å²) in [7, 11) is 0. The van der Waals surface area contributed by atoms with Crippen molar-refractivity contribution in [1.29, 1.82) is 0 Å². The molecule has 0 aliphatic carbocycles. The van der Waals surface area contributed by atoms with Gasteiger partial charge in [0.25, 0.3) is 0 Å². The fourth-order valence-electron chi connectivity index (χ4n) is 2.20. The van der Waals surface area contributed by atoms with Gasteiger partial charge in [-0.25, -0.2) is 8.78 Å². The number of aliphatic carboxylic acids is 1. The van der Waals surface area contributed by atoms with Crippen molar-refractivity contribution in [3.05, 3.63) is 35.4 Å². The lowest BCUT2D eigenvalue weighted by Gasteiger charge is -2.25. The van der Waals surface area contributed by atoms with Crippen LogP contribution in [-0.4, -0.2) is 22.3 Å². The van der Waals surface area contributed by atoms with Crippen molar-refractivity contribution < 1.29 is 23.8 Å². The van der Waals surface area contributed by atoms with Crippen LogP contribution >= 0.6 is 0 Å². The molecule has 3 unspecified atom stereocenters. The Morgan fingerprint density at radius 2 is 1.79 bits per heavy atom. The van der Waals surface area contributed by atoms with Gasteiger partial charge in [-0.15, -0.1) is 0 Å². The second kappa shape index (κ2) is 6.61. The molecule has 1 aromatic carbocycles. The maximum absolute atomic E-state index is 13.1. The van der Waals surface area contributed by atoms with Crippen LogP contribution in [0.15, 0.2) is 18.2 Å². The highest BCUT2D eigenvalue weighted by molar-refractivity contribution is 5.77. The fraction of sp³-hybridized carbons (Fsp3) is 0.500. The van der Waals surface area contributed by atoms with Crippen LogP contribution in [-0.2, 0) is 4.79 Å². The number of carbonyl (C=O) groups is 1. The zero-order valence-electron chi connectivity index (χ0n) is 10.9. The summed E-state index contributed by atoms with van der Waals surface area (Å²) in [5.41, 5.74) is -0.0551.